The van der Waals surface area contributed by atoms with Gasteiger partial charge in [-0.1, -0.05) is 19.8 Å². The Bertz CT molecular complexity index is 139. The SMILES string of the molecule is CCCCCN(C)C1CCC(C)NC1. The number of likely N-dealkylation sites (N-methyl/N-ethyl adjacent to an activating group) is 1. The zero-order valence-electron chi connectivity index (χ0n) is 10.1. The van der Waals surface area contributed by atoms with Crippen LogP contribution in [0.15, 0.2) is 0 Å². The van der Waals surface area contributed by atoms with Crippen LogP contribution in [0.2, 0.25) is 0 Å². The van der Waals surface area contributed by atoms with E-state index in [1.807, 2.05) is 0 Å². The van der Waals surface area contributed by atoms with Gasteiger partial charge < -0.3 is 10.2 Å². The van der Waals surface area contributed by atoms with E-state index in [1.54, 1.807) is 0 Å². The van der Waals surface area contributed by atoms with Crippen molar-refractivity contribution < 1.29 is 0 Å². The van der Waals surface area contributed by atoms with E-state index in [1.165, 1.54) is 45.2 Å². The number of piperidine rings is 1. The normalized spacial score (nSPS) is 28.3. The molecule has 0 aromatic heterocycles. The van der Waals surface area contributed by atoms with Crippen molar-refractivity contribution in [3.8, 4) is 0 Å². The minimum atomic E-state index is 0.732. The van der Waals surface area contributed by atoms with Crippen LogP contribution in [0.3, 0.4) is 0 Å². The Morgan fingerprint density at radius 1 is 1.29 bits per heavy atom. The Hall–Kier alpha value is -0.0800. The van der Waals surface area contributed by atoms with Gasteiger partial charge in [-0.3, -0.25) is 0 Å². The quantitative estimate of drug-likeness (QED) is 0.682. The topological polar surface area (TPSA) is 15.3 Å². The van der Waals surface area contributed by atoms with Crippen LogP contribution in [0, 0.1) is 0 Å². The standard InChI is InChI=1S/C12H26N2/c1-4-5-6-9-14(3)12-8-7-11(2)13-10-12/h11-13H,4-10H2,1-3H3. The first-order valence-corrected chi connectivity index (χ1v) is 6.17. The second kappa shape index (κ2) is 6.41. The van der Waals surface area contributed by atoms with E-state index in [9.17, 15) is 0 Å². The van der Waals surface area contributed by atoms with Gasteiger partial charge in [0.2, 0.25) is 0 Å². The molecule has 2 heteroatoms. The Kier molecular flexibility index (Phi) is 5.49. The monoisotopic (exact) mass is 198 g/mol. The predicted molar refractivity (Wildman–Crippen MR) is 62.6 cm³/mol. The summed E-state index contributed by atoms with van der Waals surface area (Å²) in [5.41, 5.74) is 0. The lowest BCUT2D eigenvalue weighted by Crippen LogP contribution is -2.47. The summed E-state index contributed by atoms with van der Waals surface area (Å²) in [5, 5.41) is 3.56. The number of hydrogen-bond acceptors (Lipinski definition) is 2. The Labute approximate surface area is 89.1 Å². The van der Waals surface area contributed by atoms with E-state index in [2.05, 4.69) is 31.1 Å². The molecule has 0 aromatic rings. The van der Waals surface area contributed by atoms with Crippen molar-refractivity contribution in [3.05, 3.63) is 0 Å². The van der Waals surface area contributed by atoms with E-state index in [0.29, 0.717) is 0 Å². The van der Waals surface area contributed by atoms with E-state index in [0.717, 1.165) is 12.1 Å². The first-order chi connectivity index (χ1) is 6.74. The molecule has 1 aliphatic heterocycles. The fourth-order valence-electron chi connectivity index (χ4n) is 2.15. The Morgan fingerprint density at radius 2 is 2.07 bits per heavy atom. The molecule has 1 aliphatic rings. The lowest BCUT2D eigenvalue weighted by molar-refractivity contribution is 0.184. The first-order valence-electron chi connectivity index (χ1n) is 6.17. The van der Waals surface area contributed by atoms with Gasteiger partial charge in [-0.25, -0.2) is 0 Å². The third kappa shape index (κ3) is 3.97. The van der Waals surface area contributed by atoms with Crippen LogP contribution in [0.4, 0.5) is 0 Å². The second-order valence-corrected chi connectivity index (χ2v) is 4.73. The van der Waals surface area contributed by atoms with Crippen LogP contribution in [-0.4, -0.2) is 37.1 Å². The average molecular weight is 198 g/mol. The molecule has 2 unspecified atom stereocenters. The van der Waals surface area contributed by atoms with Gasteiger partial charge in [-0.05, 0) is 39.8 Å². The van der Waals surface area contributed by atoms with Gasteiger partial charge in [0.05, 0.1) is 0 Å². The molecule has 0 aromatic carbocycles. The number of nitrogens with one attached hydrogen (secondary N) is 1. The molecule has 84 valence electrons. The van der Waals surface area contributed by atoms with Gasteiger partial charge >= 0.3 is 0 Å². The second-order valence-electron chi connectivity index (χ2n) is 4.73. The molecule has 1 N–H and O–H groups in total. The van der Waals surface area contributed by atoms with Crippen LogP contribution in [-0.2, 0) is 0 Å². The molecule has 1 saturated heterocycles. The number of unbranched alkanes of at least 4 members (excludes halogenated alkanes) is 2. The Morgan fingerprint density at radius 3 is 2.64 bits per heavy atom. The van der Waals surface area contributed by atoms with Crippen molar-refractivity contribution in [3.63, 3.8) is 0 Å². The smallest absolute Gasteiger partial charge is 0.0218 e. The lowest BCUT2D eigenvalue weighted by atomic mass is 10.0. The van der Waals surface area contributed by atoms with Crippen molar-refractivity contribution in [2.24, 2.45) is 0 Å². The van der Waals surface area contributed by atoms with E-state index < -0.39 is 0 Å². The van der Waals surface area contributed by atoms with Crippen molar-refractivity contribution in [1.82, 2.24) is 10.2 Å². The third-order valence-corrected chi connectivity index (χ3v) is 3.37. The minimum Gasteiger partial charge on any atom is -0.313 e. The van der Waals surface area contributed by atoms with Crippen molar-refractivity contribution in [1.29, 1.82) is 0 Å². The molecule has 0 bridgehead atoms. The fourth-order valence-corrected chi connectivity index (χ4v) is 2.15. The van der Waals surface area contributed by atoms with Gasteiger partial charge in [0.1, 0.15) is 0 Å². The summed E-state index contributed by atoms with van der Waals surface area (Å²) in [4.78, 5) is 2.54. The summed E-state index contributed by atoms with van der Waals surface area (Å²) < 4.78 is 0. The van der Waals surface area contributed by atoms with E-state index in [-0.39, 0.29) is 0 Å². The molecule has 14 heavy (non-hydrogen) atoms. The van der Waals surface area contributed by atoms with Crippen LogP contribution in [0.5, 0.6) is 0 Å². The van der Waals surface area contributed by atoms with Gasteiger partial charge in [-0.15, -0.1) is 0 Å². The van der Waals surface area contributed by atoms with Crippen LogP contribution >= 0.6 is 0 Å². The van der Waals surface area contributed by atoms with Crippen molar-refractivity contribution >= 4 is 0 Å². The lowest BCUT2D eigenvalue weighted by Gasteiger charge is -2.34. The highest BCUT2D eigenvalue weighted by atomic mass is 15.2. The predicted octanol–water partition coefficient (Wildman–Crippen LogP) is 2.25. The molecule has 0 amide bonds. The van der Waals surface area contributed by atoms with Gasteiger partial charge in [0.25, 0.3) is 0 Å². The van der Waals surface area contributed by atoms with Crippen molar-refractivity contribution in [2.75, 3.05) is 20.1 Å². The van der Waals surface area contributed by atoms with Crippen LogP contribution < -0.4 is 5.32 Å². The summed E-state index contributed by atoms with van der Waals surface area (Å²) in [6, 6.07) is 1.51. The number of nitrogens with zero attached hydrogens (tertiary/aromatic N) is 1. The molecule has 1 rings (SSSR count). The highest BCUT2D eigenvalue weighted by Gasteiger charge is 2.20. The maximum Gasteiger partial charge on any atom is 0.0218 e. The summed E-state index contributed by atoms with van der Waals surface area (Å²) >= 11 is 0. The largest absolute Gasteiger partial charge is 0.313 e. The van der Waals surface area contributed by atoms with Crippen LogP contribution in [0.25, 0.3) is 0 Å². The van der Waals surface area contributed by atoms with Gasteiger partial charge in [-0.2, -0.15) is 0 Å². The zero-order chi connectivity index (χ0) is 10.4. The molecule has 2 nitrogen and oxygen atoms in total. The summed E-state index contributed by atoms with van der Waals surface area (Å²) in [6.45, 7) is 7.01. The molecule has 0 aliphatic carbocycles. The van der Waals surface area contributed by atoms with Gasteiger partial charge in [0.15, 0.2) is 0 Å². The summed E-state index contributed by atoms with van der Waals surface area (Å²) in [6.07, 6.45) is 6.77. The van der Waals surface area contributed by atoms with E-state index in [4.69, 9.17) is 0 Å². The zero-order valence-corrected chi connectivity index (χ0v) is 10.1. The minimum absolute atomic E-state index is 0.732. The highest BCUT2D eigenvalue weighted by molar-refractivity contribution is 4.80. The molecule has 1 fully saturated rings. The summed E-state index contributed by atoms with van der Waals surface area (Å²) in [7, 11) is 2.28. The molecule has 1 heterocycles. The van der Waals surface area contributed by atoms with Crippen molar-refractivity contribution in [2.45, 2.75) is 58.0 Å². The van der Waals surface area contributed by atoms with Gasteiger partial charge in [0, 0.05) is 18.6 Å². The molecule has 0 spiro atoms. The number of hydrogen-bond donors (Lipinski definition) is 1. The Balaban J connectivity index is 2.13. The van der Waals surface area contributed by atoms with E-state index >= 15 is 0 Å². The maximum absolute atomic E-state index is 3.56. The molecule has 0 radical (unpaired) electrons. The molecular weight excluding hydrogens is 172 g/mol. The molecule has 2 atom stereocenters. The highest BCUT2D eigenvalue weighted by Crippen LogP contribution is 2.13. The average Bonchev–Trinajstić information content (AvgIpc) is 2.19. The molecule has 0 saturated carbocycles. The number of rotatable bonds is 5. The van der Waals surface area contributed by atoms with Crippen LogP contribution in [0.1, 0.15) is 46.0 Å². The summed E-state index contributed by atoms with van der Waals surface area (Å²) in [5.74, 6) is 0. The maximum atomic E-state index is 3.56. The fraction of sp³-hybridized carbons (Fsp3) is 1.00. The molecular formula is C12H26N2. The first kappa shape index (κ1) is 12.0. The third-order valence-electron chi connectivity index (χ3n) is 3.37.